The molecule has 1 unspecified atom stereocenters. The molecule has 3 heterocycles. The number of hydrogen-bond donors (Lipinski definition) is 0. The van der Waals surface area contributed by atoms with Crippen molar-refractivity contribution < 1.29 is 9.15 Å². The molecular weight excluding hydrogens is 292 g/mol. The van der Waals surface area contributed by atoms with Crippen molar-refractivity contribution in [3.8, 4) is 0 Å². The van der Waals surface area contributed by atoms with Gasteiger partial charge in [0.15, 0.2) is 0 Å². The van der Waals surface area contributed by atoms with Gasteiger partial charge in [0.2, 0.25) is 0 Å². The molecule has 0 fully saturated rings. The molecule has 1 atom stereocenters. The van der Waals surface area contributed by atoms with Crippen LogP contribution in [0, 0.1) is 5.92 Å². The van der Waals surface area contributed by atoms with Gasteiger partial charge in [-0.3, -0.25) is 9.80 Å². The molecule has 2 aromatic rings. The van der Waals surface area contributed by atoms with Gasteiger partial charge in [-0.05, 0) is 19.2 Å². The third kappa shape index (κ3) is 4.43. The zero-order valence-corrected chi connectivity index (χ0v) is 14.0. The number of rotatable bonds is 7. The Morgan fingerprint density at radius 3 is 3.13 bits per heavy atom. The zero-order valence-electron chi connectivity index (χ0n) is 14.0. The van der Waals surface area contributed by atoms with Crippen LogP contribution >= 0.6 is 0 Å². The lowest BCUT2D eigenvalue weighted by Gasteiger charge is -2.26. The summed E-state index contributed by atoms with van der Waals surface area (Å²) >= 11 is 0. The Balaban J connectivity index is 1.62. The van der Waals surface area contributed by atoms with Crippen LogP contribution in [0.4, 0.5) is 0 Å². The van der Waals surface area contributed by atoms with Crippen molar-refractivity contribution >= 4 is 0 Å². The van der Waals surface area contributed by atoms with Crippen LogP contribution in [0.1, 0.15) is 11.6 Å². The summed E-state index contributed by atoms with van der Waals surface area (Å²) < 4.78 is 13.0. The van der Waals surface area contributed by atoms with E-state index in [2.05, 4.69) is 32.6 Å². The second-order valence-corrected chi connectivity index (χ2v) is 6.37. The minimum absolute atomic E-state index is 0.558. The minimum atomic E-state index is 0.558. The molecule has 1 aliphatic heterocycles. The van der Waals surface area contributed by atoms with E-state index in [0.717, 1.165) is 57.5 Å². The summed E-state index contributed by atoms with van der Waals surface area (Å²) in [4.78, 5) is 9.28. The fourth-order valence-corrected chi connectivity index (χ4v) is 3.30. The standard InChI is InChI=1S/C17H26N4O2/c1-19(13-16-4-3-8-23-16)10-15-11-20(7-9-22-2)14-17-18-5-6-21(17)12-15/h3-6,8,15H,7,9-14H2,1-2H3. The van der Waals surface area contributed by atoms with Gasteiger partial charge in [-0.25, -0.2) is 4.98 Å². The molecule has 0 bridgehead atoms. The molecule has 1 aliphatic rings. The maximum absolute atomic E-state index is 5.45. The normalized spacial score (nSPS) is 19.0. The molecule has 0 aliphatic carbocycles. The van der Waals surface area contributed by atoms with Crippen molar-refractivity contribution in [2.45, 2.75) is 19.6 Å². The van der Waals surface area contributed by atoms with Gasteiger partial charge in [-0.15, -0.1) is 0 Å². The summed E-state index contributed by atoms with van der Waals surface area (Å²) in [5.41, 5.74) is 0. The molecule has 0 N–H and O–H groups in total. The Hall–Kier alpha value is -1.63. The first-order chi connectivity index (χ1) is 11.2. The van der Waals surface area contributed by atoms with Gasteiger partial charge in [-0.1, -0.05) is 0 Å². The van der Waals surface area contributed by atoms with E-state index in [1.807, 2.05) is 18.3 Å². The number of imidazole rings is 1. The van der Waals surface area contributed by atoms with Crippen molar-refractivity contribution in [3.05, 3.63) is 42.4 Å². The number of nitrogens with zero attached hydrogens (tertiary/aromatic N) is 4. The Morgan fingerprint density at radius 2 is 2.35 bits per heavy atom. The van der Waals surface area contributed by atoms with Crippen LogP contribution < -0.4 is 0 Å². The fraction of sp³-hybridized carbons (Fsp3) is 0.588. The van der Waals surface area contributed by atoms with Gasteiger partial charge in [0.1, 0.15) is 11.6 Å². The number of furan rings is 1. The summed E-state index contributed by atoms with van der Waals surface area (Å²) in [5.74, 6) is 2.72. The number of hydrogen-bond acceptors (Lipinski definition) is 5. The summed E-state index contributed by atoms with van der Waals surface area (Å²) in [7, 11) is 3.91. The van der Waals surface area contributed by atoms with Gasteiger partial charge in [0, 0.05) is 51.6 Å². The van der Waals surface area contributed by atoms with Crippen molar-refractivity contribution in [1.82, 2.24) is 19.4 Å². The third-order valence-corrected chi connectivity index (χ3v) is 4.33. The summed E-state index contributed by atoms with van der Waals surface area (Å²) in [6, 6.07) is 3.97. The van der Waals surface area contributed by atoms with Gasteiger partial charge in [0.25, 0.3) is 0 Å². The molecular formula is C17H26N4O2. The summed E-state index contributed by atoms with van der Waals surface area (Å²) in [6.45, 7) is 6.56. The lowest BCUT2D eigenvalue weighted by Crippen LogP contribution is -2.36. The first kappa shape index (κ1) is 16.2. The molecule has 6 heteroatoms. The van der Waals surface area contributed by atoms with Gasteiger partial charge in [0.05, 0.1) is 26.0 Å². The number of ether oxygens (including phenoxy) is 1. The van der Waals surface area contributed by atoms with Crippen LogP contribution in [0.15, 0.2) is 35.2 Å². The molecule has 0 aromatic carbocycles. The van der Waals surface area contributed by atoms with E-state index in [-0.39, 0.29) is 0 Å². The number of aromatic nitrogens is 2. The minimum Gasteiger partial charge on any atom is -0.468 e. The predicted octanol–water partition coefficient (Wildman–Crippen LogP) is 1.69. The van der Waals surface area contributed by atoms with E-state index in [1.54, 1.807) is 13.4 Å². The second kappa shape index (κ2) is 7.77. The first-order valence-electron chi connectivity index (χ1n) is 8.17. The van der Waals surface area contributed by atoms with Crippen molar-refractivity contribution in [2.75, 3.05) is 40.4 Å². The van der Waals surface area contributed by atoms with Crippen LogP contribution in [0.3, 0.4) is 0 Å². The molecule has 2 aromatic heterocycles. The first-order valence-corrected chi connectivity index (χ1v) is 8.17. The van der Waals surface area contributed by atoms with Crippen LogP contribution in [0.5, 0.6) is 0 Å². The third-order valence-electron chi connectivity index (χ3n) is 4.33. The SMILES string of the molecule is COCCN1Cc2nccn2CC(CN(C)Cc2ccco2)C1. The van der Waals surface area contributed by atoms with E-state index in [9.17, 15) is 0 Å². The van der Waals surface area contributed by atoms with Crippen molar-refractivity contribution in [1.29, 1.82) is 0 Å². The Bertz CT molecular complexity index is 581. The maximum atomic E-state index is 5.45. The summed E-state index contributed by atoms with van der Waals surface area (Å²) in [6.07, 6.45) is 5.73. The van der Waals surface area contributed by atoms with Gasteiger partial charge < -0.3 is 13.7 Å². The van der Waals surface area contributed by atoms with E-state index < -0.39 is 0 Å². The van der Waals surface area contributed by atoms with Gasteiger partial charge >= 0.3 is 0 Å². The smallest absolute Gasteiger partial charge is 0.122 e. The Morgan fingerprint density at radius 1 is 1.43 bits per heavy atom. The van der Waals surface area contributed by atoms with Crippen LogP contribution in [-0.2, 0) is 24.4 Å². The largest absolute Gasteiger partial charge is 0.468 e. The fourth-order valence-electron chi connectivity index (χ4n) is 3.30. The van der Waals surface area contributed by atoms with Crippen molar-refractivity contribution in [2.24, 2.45) is 5.92 Å². The topological polar surface area (TPSA) is 46.7 Å². The molecule has 0 spiro atoms. The van der Waals surface area contributed by atoms with Crippen LogP contribution in [0.25, 0.3) is 0 Å². The Labute approximate surface area is 137 Å². The second-order valence-electron chi connectivity index (χ2n) is 6.37. The molecule has 0 amide bonds. The highest BCUT2D eigenvalue weighted by atomic mass is 16.5. The molecule has 23 heavy (non-hydrogen) atoms. The van der Waals surface area contributed by atoms with E-state index in [1.165, 1.54) is 0 Å². The average Bonchev–Trinajstić information content (AvgIpc) is 3.14. The predicted molar refractivity (Wildman–Crippen MR) is 87.9 cm³/mol. The molecule has 6 nitrogen and oxygen atoms in total. The quantitative estimate of drug-likeness (QED) is 0.777. The highest BCUT2D eigenvalue weighted by Gasteiger charge is 2.23. The lowest BCUT2D eigenvalue weighted by molar-refractivity contribution is 0.125. The van der Waals surface area contributed by atoms with E-state index in [0.29, 0.717) is 5.92 Å². The summed E-state index contributed by atoms with van der Waals surface area (Å²) in [5, 5.41) is 0. The average molecular weight is 318 g/mol. The lowest BCUT2D eigenvalue weighted by atomic mass is 10.1. The van der Waals surface area contributed by atoms with Gasteiger partial charge in [-0.2, -0.15) is 0 Å². The van der Waals surface area contributed by atoms with E-state index in [4.69, 9.17) is 9.15 Å². The molecule has 0 saturated carbocycles. The van der Waals surface area contributed by atoms with Crippen molar-refractivity contribution in [3.63, 3.8) is 0 Å². The number of methoxy groups -OCH3 is 1. The van der Waals surface area contributed by atoms with E-state index >= 15 is 0 Å². The monoisotopic (exact) mass is 318 g/mol. The molecule has 126 valence electrons. The number of fused-ring (bicyclic) bond motifs is 1. The van der Waals surface area contributed by atoms with Crippen LogP contribution in [0.2, 0.25) is 0 Å². The maximum Gasteiger partial charge on any atom is 0.122 e. The molecule has 0 saturated heterocycles. The highest BCUT2D eigenvalue weighted by Crippen LogP contribution is 2.17. The zero-order chi connectivity index (χ0) is 16.1. The molecule has 0 radical (unpaired) electrons. The Kier molecular flexibility index (Phi) is 5.48. The highest BCUT2D eigenvalue weighted by molar-refractivity contribution is 4.98. The molecule has 3 rings (SSSR count). The van der Waals surface area contributed by atoms with Crippen LogP contribution in [-0.4, -0.2) is 59.7 Å².